The number of sulfonamides is 1. The molecule has 0 aliphatic carbocycles. The number of rotatable bonds is 8. The molecule has 0 unspecified atom stereocenters. The summed E-state index contributed by atoms with van der Waals surface area (Å²) in [4.78, 5) is 4.67. The molecule has 0 amide bonds. The quantitative estimate of drug-likeness (QED) is 0.507. The van der Waals surface area contributed by atoms with Crippen molar-refractivity contribution >= 4 is 27.0 Å². The van der Waals surface area contributed by atoms with Crippen LogP contribution in [0.15, 0.2) is 39.7 Å². The van der Waals surface area contributed by atoms with E-state index in [1.54, 1.807) is 4.31 Å². The van der Waals surface area contributed by atoms with Crippen LogP contribution in [-0.2, 0) is 16.4 Å². The van der Waals surface area contributed by atoms with E-state index in [0.717, 1.165) is 48.5 Å². The topological polar surface area (TPSA) is 86.9 Å². The molecule has 0 radical (unpaired) electrons. The van der Waals surface area contributed by atoms with E-state index in [4.69, 9.17) is 4.42 Å². The fourth-order valence-electron chi connectivity index (χ4n) is 3.62. The van der Waals surface area contributed by atoms with Gasteiger partial charge in [-0.2, -0.15) is 0 Å². The number of hydrogen-bond acceptors (Lipinski definition) is 4. The summed E-state index contributed by atoms with van der Waals surface area (Å²) in [7, 11) is -3.10. The van der Waals surface area contributed by atoms with Crippen molar-refractivity contribution in [3.8, 4) is 0 Å². The number of nitrogens with one attached hydrogen (secondary N) is 2. The van der Waals surface area contributed by atoms with Gasteiger partial charge in [-0.05, 0) is 38.3 Å². The van der Waals surface area contributed by atoms with Crippen LogP contribution in [-0.4, -0.2) is 56.7 Å². The molecule has 1 aromatic carbocycles. The summed E-state index contributed by atoms with van der Waals surface area (Å²) in [6, 6.07) is 10.3. The number of para-hydroxylation sites is 1. The van der Waals surface area contributed by atoms with E-state index in [1.807, 2.05) is 38.1 Å². The molecule has 1 fully saturated rings. The zero-order valence-corrected chi connectivity index (χ0v) is 18.2. The lowest BCUT2D eigenvalue weighted by Crippen LogP contribution is -2.50. The fraction of sp³-hybridized carbons (Fsp3) is 0.571. The molecule has 2 N–H and O–H groups in total. The maximum atomic E-state index is 12.2. The first-order chi connectivity index (χ1) is 14.0. The molecule has 0 atom stereocenters. The van der Waals surface area contributed by atoms with Crippen molar-refractivity contribution in [1.82, 2.24) is 14.9 Å². The van der Waals surface area contributed by atoms with Crippen molar-refractivity contribution in [3.05, 3.63) is 36.1 Å². The maximum Gasteiger partial charge on any atom is 0.214 e. The summed E-state index contributed by atoms with van der Waals surface area (Å²) in [6.07, 6.45) is 2.97. The van der Waals surface area contributed by atoms with Gasteiger partial charge in [0.25, 0.3) is 0 Å². The normalized spacial score (nSPS) is 17.0. The molecule has 1 aliphatic heterocycles. The molecule has 1 aromatic heterocycles. The SMILES string of the molecule is CCCS(=O)(=O)N1CCC(NC(=NCCc2cc3ccccc3o2)NCC)CC1. The number of fused-ring (bicyclic) bond motifs is 1. The van der Waals surface area contributed by atoms with Gasteiger partial charge in [-0.25, -0.2) is 12.7 Å². The molecule has 2 aromatic rings. The second-order valence-electron chi connectivity index (χ2n) is 7.39. The minimum atomic E-state index is -3.10. The number of benzene rings is 1. The Balaban J connectivity index is 1.52. The molecule has 3 rings (SSSR count). The molecule has 29 heavy (non-hydrogen) atoms. The molecule has 1 aliphatic rings. The zero-order valence-electron chi connectivity index (χ0n) is 17.4. The Kier molecular flexibility index (Phi) is 7.55. The predicted molar refractivity (Wildman–Crippen MR) is 118 cm³/mol. The van der Waals surface area contributed by atoms with Crippen LogP contribution >= 0.6 is 0 Å². The van der Waals surface area contributed by atoms with Crippen molar-refractivity contribution in [1.29, 1.82) is 0 Å². The standard InChI is InChI=1S/C21H32N4O3S/c1-3-15-29(26,27)25-13-10-18(11-14-25)24-21(22-4-2)23-12-9-19-16-17-7-5-6-8-20(17)28-19/h5-8,16,18H,3-4,9-15H2,1-2H3,(H2,22,23,24). The third-order valence-electron chi connectivity index (χ3n) is 5.10. The minimum absolute atomic E-state index is 0.229. The van der Waals surface area contributed by atoms with E-state index in [1.165, 1.54) is 0 Å². The van der Waals surface area contributed by atoms with Gasteiger partial charge < -0.3 is 15.1 Å². The van der Waals surface area contributed by atoms with E-state index in [9.17, 15) is 8.42 Å². The molecule has 2 heterocycles. The van der Waals surface area contributed by atoms with Crippen LogP contribution in [0, 0.1) is 0 Å². The predicted octanol–water partition coefficient (Wildman–Crippen LogP) is 2.73. The number of furan rings is 1. The summed E-state index contributed by atoms with van der Waals surface area (Å²) in [5.41, 5.74) is 0.904. The summed E-state index contributed by atoms with van der Waals surface area (Å²) in [5, 5.41) is 7.85. The lowest BCUT2D eigenvalue weighted by molar-refractivity contribution is 0.306. The van der Waals surface area contributed by atoms with E-state index >= 15 is 0 Å². The Labute approximate surface area is 173 Å². The molecular formula is C21H32N4O3S. The maximum absolute atomic E-state index is 12.2. The second-order valence-corrected chi connectivity index (χ2v) is 9.48. The van der Waals surface area contributed by atoms with Crippen LogP contribution in [0.2, 0.25) is 0 Å². The third-order valence-corrected chi connectivity index (χ3v) is 7.18. The highest BCUT2D eigenvalue weighted by molar-refractivity contribution is 7.89. The highest BCUT2D eigenvalue weighted by Crippen LogP contribution is 2.19. The van der Waals surface area contributed by atoms with Crippen LogP contribution in [0.1, 0.15) is 38.9 Å². The van der Waals surface area contributed by atoms with Gasteiger partial charge in [0.15, 0.2) is 5.96 Å². The summed E-state index contributed by atoms with van der Waals surface area (Å²) >= 11 is 0. The molecule has 160 valence electrons. The van der Waals surface area contributed by atoms with Crippen molar-refractivity contribution in [2.75, 3.05) is 31.9 Å². The fourth-order valence-corrected chi connectivity index (χ4v) is 5.16. The van der Waals surface area contributed by atoms with Gasteiger partial charge in [-0.1, -0.05) is 25.1 Å². The summed E-state index contributed by atoms with van der Waals surface area (Å²) in [6.45, 7) is 6.47. The molecule has 0 spiro atoms. The number of nitrogens with zero attached hydrogens (tertiary/aromatic N) is 2. The van der Waals surface area contributed by atoms with Gasteiger partial charge in [0.05, 0.1) is 5.75 Å². The Hall–Kier alpha value is -2.06. The Morgan fingerprint density at radius 2 is 2.00 bits per heavy atom. The van der Waals surface area contributed by atoms with Crippen LogP contribution < -0.4 is 10.6 Å². The Morgan fingerprint density at radius 1 is 1.24 bits per heavy atom. The average molecular weight is 421 g/mol. The molecule has 1 saturated heterocycles. The smallest absolute Gasteiger partial charge is 0.214 e. The monoisotopic (exact) mass is 420 g/mol. The van der Waals surface area contributed by atoms with Crippen LogP contribution in [0.3, 0.4) is 0 Å². The summed E-state index contributed by atoms with van der Waals surface area (Å²) in [5.74, 6) is 1.94. The van der Waals surface area contributed by atoms with Gasteiger partial charge in [-0.15, -0.1) is 0 Å². The van der Waals surface area contributed by atoms with Crippen LogP contribution in [0.4, 0.5) is 0 Å². The molecule has 8 heteroatoms. The first-order valence-corrected chi connectivity index (χ1v) is 12.1. The lowest BCUT2D eigenvalue weighted by atomic mass is 10.1. The zero-order chi connectivity index (χ0) is 20.7. The minimum Gasteiger partial charge on any atom is -0.461 e. The molecule has 0 bridgehead atoms. The molecular weight excluding hydrogens is 388 g/mol. The highest BCUT2D eigenvalue weighted by atomic mass is 32.2. The first kappa shape index (κ1) is 21.6. The van der Waals surface area contributed by atoms with Crippen molar-refractivity contribution in [2.24, 2.45) is 4.99 Å². The van der Waals surface area contributed by atoms with Crippen LogP contribution in [0.25, 0.3) is 11.0 Å². The number of hydrogen-bond donors (Lipinski definition) is 2. The number of piperidine rings is 1. The van der Waals surface area contributed by atoms with Gasteiger partial charge in [-0.3, -0.25) is 4.99 Å². The van der Waals surface area contributed by atoms with E-state index in [2.05, 4.69) is 21.7 Å². The van der Waals surface area contributed by atoms with Crippen molar-refractivity contribution in [3.63, 3.8) is 0 Å². The van der Waals surface area contributed by atoms with E-state index < -0.39 is 10.0 Å². The second kappa shape index (κ2) is 10.1. The van der Waals surface area contributed by atoms with Crippen LogP contribution in [0.5, 0.6) is 0 Å². The van der Waals surface area contributed by atoms with Gasteiger partial charge in [0, 0.05) is 44.0 Å². The van der Waals surface area contributed by atoms with Crippen molar-refractivity contribution in [2.45, 2.75) is 45.6 Å². The number of guanidine groups is 1. The van der Waals surface area contributed by atoms with Gasteiger partial charge in [0.1, 0.15) is 11.3 Å². The largest absolute Gasteiger partial charge is 0.461 e. The van der Waals surface area contributed by atoms with E-state index in [0.29, 0.717) is 26.1 Å². The lowest BCUT2D eigenvalue weighted by Gasteiger charge is -2.32. The molecule has 0 saturated carbocycles. The van der Waals surface area contributed by atoms with Gasteiger partial charge >= 0.3 is 0 Å². The van der Waals surface area contributed by atoms with Gasteiger partial charge in [0.2, 0.25) is 10.0 Å². The molecule has 7 nitrogen and oxygen atoms in total. The van der Waals surface area contributed by atoms with Crippen molar-refractivity contribution < 1.29 is 12.8 Å². The summed E-state index contributed by atoms with van der Waals surface area (Å²) < 4.78 is 31.9. The third kappa shape index (κ3) is 5.96. The average Bonchev–Trinajstić information content (AvgIpc) is 3.11. The first-order valence-electron chi connectivity index (χ1n) is 10.5. The number of aliphatic imine (C=N–C) groups is 1. The Morgan fingerprint density at radius 3 is 2.69 bits per heavy atom. The highest BCUT2D eigenvalue weighted by Gasteiger charge is 2.27. The van der Waals surface area contributed by atoms with E-state index in [-0.39, 0.29) is 11.8 Å². The Bertz CT molecular complexity index is 882.